The zero-order valence-electron chi connectivity index (χ0n) is 14.6. The van der Waals surface area contributed by atoms with E-state index in [1.165, 1.54) is 18.3 Å². The highest BCUT2D eigenvalue weighted by Crippen LogP contribution is 2.32. The van der Waals surface area contributed by atoms with E-state index in [0.29, 0.717) is 4.90 Å². The highest BCUT2D eigenvalue weighted by Gasteiger charge is 2.24. The topological polar surface area (TPSA) is 67.2 Å². The van der Waals surface area contributed by atoms with Crippen LogP contribution in [0.1, 0.15) is 29.4 Å². The molecule has 0 fully saturated rings. The molecule has 0 unspecified atom stereocenters. The molecule has 0 aliphatic carbocycles. The van der Waals surface area contributed by atoms with E-state index < -0.39 is 10.0 Å². The van der Waals surface area contributed by atoms with Crippen LogP contribution in [0.5, 0.6) is 0 Å². The number of nitrogens with zero attached hydrogens (tertiary/aromatic N) is 3. The summed E-state index contributed by atoms with van der Waals surface area (Å²) in [5, 5.41) is 4.59. The van der Waals surface area contributed by atoms with Gasteiger partial charge < -0.3 is 4.90 Å². The minimum Gasteiger partial charge on any atom is -0.367 e. The monoisotopic (exact) mass is 348 g/mol. The maximum absolute atomic E-state index is 12.0. The van der Waals surface area contributed by atoms with E-state index in [4.69, 9.17) is 0 Å². The fraction of sp³-hybridized carbons (Fsp3) is 0.471. The lowest BCUT2D eigenvalue weighted by Gasteiger charge is -2.20. The molecule has 1 aromatic heterocycles. The third-order valence-electron chi connectivity index (χ3n) is 4.80. The fourth-order valence-corrected chi connectivity index (χ4v) is 4.14. The molecule has 3 rings (SSSR count). The Morgan fingerprint density at radius 1 is 1.29 bits per heavy atom. The van der Waals surface area contributed by atoms with Crippen molar-refractivity contribution < 1.29 is 8.42 Å². The summed E-state index contributed by atoms with van der Waals surface area (Å²) in [4.78, 5) is 2.64. The van der Waals surface area contributed by atoms with Crippen LogP contribution in [0.2, 0.25) is 0 Å². The van der Waals surface area contributed by atoms with Crippen LogP contribution < -0.4 is 9.62 Å². The van der Waals surface area contributed by atoms with E-state index in [9.17, 15) is 8.42 Å². The number of hydrogen-bond acceptors (Lipinski definition) is 4. The predicted molar refractivity (Wildman–Crippen MR) is 94.8 cm³/mol. The molecule has 130 valence electrons. The number of hydrogen-bond donors (Lipinski definition) is 1. The van der Waals surface area contributed by atoms with Crippen LogP contribution in [0, 0.1) is 13.8 Å². The molecule has 0 spiro atoms. The summed E-state index contributed by atoms with van der Waals surface area (Å²) in [6.45, 7) is 8.83. The standard InChI is InChI=1S/C17H24N4O2S/c1-5-21-13(3)16(12(2)19-21)11-20-9-8-14-10-15(6-7-17(14)20)24(22,23)18-4/h6-7,10,18H,5,8-9,11H2,1-4H3. The first-order chi connectivity index (χ1) is 11.4. The fourth-order valence-electron chi connectivity index (χ4n) is 3.36. The van der Waals surface area contributed by atoms with Gasteiger partial charge in [0.05, 0.1) is 10.6 Å². The summed E-state index contributed by atoms with van der Waals surface area (Å²) in [6, 6.07) is 5.38. The van der Waals surface area contributed by atoms with Crippen molar-refractivity contribution in [1.29, 1.82) is 0 Å². The number of aryl methyl sites for hydroxylation is 2. The maximum Gasteiger partial charge on any atom is 0.240 e. The van der Waals surface area contributed by atoms with E-state index in [0.717, 1.165) is 43.0 Å². The van der Waals surface area contributed by atoms with Gasteiger partial charge >= 0.3 is 0 Å². The van der Waals surface area contributed by atoms with Gasteiger partial charge in [-0.2, -0.15) is 5.10 Å². The molecule has 2 aromatic rings. The van der Waals surface area contributed by atoms with Crippen molar-refractivity contribution in [1.82, 2.24) is 14.5 Å². The highest BCUT2D eigenvalue weighted by atomic mass is 32.2. The Balaban J connectivity index is 1.90. The van der Waals surface area contributed by atoms with Crippen molar-refractivity contribution in [3.8, 4) is 0 Å². The van der Waals surface area contributed by atoms with Gasteiger partial charge in [0, 0.05) is 36.6 Å². The quantitative estimate of drug-likeness (QED) is 0.897. The summed E-state index contributed by atoms with van der Waals surface area (Å²) < 4.78 is 28.3. The molecule has 1 N–H and O–H groups in total. The average Bonchev–Trinajstić information content (AvgIpc) is 3.10. The summed E-state index contributed by atoms with van der Waals surface area (Å²) in [5.41, 5.74) is 5.74. The van der Waals surface area contributed by atoms with Gasteiger partial charge in [0.15, 0.2) is 0 Å². The molecule has 2 heterocycles. The minimum atomic E-state index is -3.39. The third-order valence-corrected chi connectivity index (χ3v) is 6.21. The highest BCUT2D eigenvalue weighted by molar-refractivity contribution is 7.89. The molecule has 0 saturated carbocycles. The number of anilines is 1. The van der Waals surface area contributed by atoms with Crippen LogP contribution in [0.4, 0.5) is 5.69 Å². The summed E-state index contributed by atoms with van der Waals surface area (Å²) in [7, 11) is -1.96. The van der Waals surface area contributed by atoms with Gasteiger partial charge in [0.1, 0.15) is 0 Å². The number of benzene rings is 1. The van der Waals surface area contributed by atoms with Crippen molar-refractivity contribution in [2.45, 2.75) is 45.2 Å². The van der Waals surface area contributed by atoms with Gasteiger partial charge in [0.2, 0.25) is 10.0 Å². The Morgan fingerprint density at radius 3 is 2.67 bits per heavy atom. The van der Waals surface area contributed by atoms with Gasteiger partial charge in [-0.1, -0.05) is 0 Å². The smallest absolute Gasteiger partial charge is 0.240 e. The van der Waals surface area contributed by atoms with E-state index in [2.05, 4.69) is 28.6 Å². The molecule has 24 heavy (non-hydrogen) atoms. The Kier molecular flexibility index (Phi) is 4.40. The SMILES string of the molecule is CCn1nc(C)c(CN2CCc3cc(S(=O)(=O)NC)ccc32)c1C. The van der Waals surface area contributed by atoms with Crippen molar-refractivity contribution in [3.63, 3.8) is 0 Å². The molecule has 6 nitrogen and oxygen atoms in total. The molecule has 0 radical (unpaired) electrons. The van der Waals surface area contributed by atoms with Crippen LogP contribution in [-0.2, 0) is 29.5 Å². The lowest BCUT2D eigenvalue weighted by Crippen LogP contribution is -2.21. The van der Waals surface area contributed by atoms with Crippen molar-refractivity contribution >= 4 is 15.7 Å². The summed E-state index contributed by atoms with van der Waals surface area (Å²) in [6.07, 6.45) is 0.864. The van der Waals surface area contributed by atoms with Gasteiger partial charge in [-0.15, -0.1) is 0 Å². The minimum absolute atomic E-state index is 0.330. The Morgan fingerprint density at radius 2 is 2.04 bits per heavy atom. The molecule has 0 saturated heterocycles. The van der Waals surface area contributed by atoms with Gasteiger partial charge in [0.25, 0.3) is 0 Å². The molecule has 7 heteroatoms. The zero-order valence-corrected chi connectivity index (χ0v) is 15.4. The first-order valence-corrected chi connectivity index (χ1v) is 9.70. The number of rotatable bonds is 5. The maximum atomic E-state index is 12.0. The molecular weight excluding hydrogens is 324 g/mol. The van der Waals surface area contributed by atoms with Gasteiger partial charge in [-0.3, -0.25) is 4.68 Å². The second kappa shape index (κ2) is 6.22. The Hall–Kier alpha value is -1.86. The third kappa shape index (κ3) is 2.82. The molecule has 1 aliphatic heterocycles. The molecule has 1 aromatic carbocycles. The number of aromatic nitrogens is 2. The molecule has 0 bridgehead atoms. The second-order valence-electron chi connectivity index (χ2n) is 6.13. The molecule has 0 amide bonds. The van der Waals surface area contributed by atoms with Crippen LogP contribution >= 0.6 is 0 Å². The first-order valence-electron chi connectivity index (χ1n) is 8.21. The Labute approximate surface area is 143 Å². The van der Waals surface area contributed by atoms with E-state index >= 15 is 0 Å². The Bertz CT molecular complexity index is 871. The molecular formula is C17H24N4O2S. The van der Waals surface area contributed by atoms with Crippen molar-refractivity contribution in [2.75, 3.05) is 18.5 Å². The van der Waals surface area contributed by atoms with Crippen LogP contribution in [0.25, 0.3) is 0 Å². The lowest BCUT2D eigenvalue weighted by molar-refractivity contribution is 0.588. The van der Waals surface area contributed by atoms with Crippen LogP contribution in [0.3, 0.4) is 0 Å². The lowest BCUT2D eigenvalue weighted by atomic mass is 10.1. The predicted octanol–water partition coefficient (Wildman–Crippen LogP) is 1.99. The van der Waals surface area contributed by atoms with E-state index in [1.54, 1.807) is 12.1 Å². The van der Waals surface area contributed by atoms with Crippen LogP contribution in [0.15, 0.2) is 23.1 Å². The number of sulfonamides is 1. The molecule has 0 atom stereocenters. The normalized spacial score (nSPS) is 14.2. The van der Waals surface area contributed by atoms with Crippen molar-refractivity contribution in [3.05, 3.63) is 40.7 Å². The van der Waals surface area contributed by atoms with Gasteiger partial charge in [-0.25, -0.2) is 13.1 Å². The first kappa shape index (κ1) is 17.0. The summed E-state index contributed by atoms with van der Waals surface area (Å²) >= 11 is 0. The largest absolute Gasteiger partial charge is 0.367 e. The second-order valence-corrected chi connectivity index (χ2v) is 8.02. The van der Waals surface area contributed by atoms with Crippen molar-refractivity contribution in [2.24, 2.45) is 0 Å². The van der Waals surface area contributed by atoms with Crippen LogP contribution in [-0.4, -0.2) is 31.8 Å². The summed E-state index contributed by atoms with van der Waals surface area (Å²) in [5.74, 6) is 0. The molecule has 1 aliphatic rings. The zero-order chi connectivity index (χ0) is 17.5. The van der Waals surface area contributed by atoms with E-state index in [1.807, 2.05) is 17.7 Å². The average molecular weight is 348 g/mol. The van der Waals surface area contributed by atoms with E-state index in [-0.39, 0.29) is 0 Å². The number of fused-ring (bicyclic) bond motifs is 1. The van der Waals surface area contributed by atoms with Gasteiger partial charge in [-0.05, 0) is 58.0 Å². The number of nitrogens with one attached hydrogen (secondary N) is 1.